The van der Waals surface area contributed by atoms with Gasteiger partial charge in [-0.05, 0) is 38.3 Å². The van der Waals surface area contributed by atoms with Crippen molar-refractivity contribution in [1.29, 1.82) is 0 Å². The average molecular weight is 168 g/mol. The minimum Gasteiger partial charge on any atom is -0.481 e. The lowest BCUT2D eigenvalue weighted by Gasteiger charge is -1.93. The fraction of sp³-hybridized carbons (Fsp3) is 0.600. The third-order valence-corrected chi connectivity index (χ3v) is 1.52. The van der Waals surface area contributed by atoms with Gasteiger partial charge in [0.05, 0.1) is 0 Å². The molecular formula is C10H16O2. The minimum atomic E-state index is -0.695. The van der Waals surface area contributed by atoms with Gasteiger partial charge in [-0.25, -0.2) is 0 Å². The number of rotatable bonds is 6. The van der Waals surface area contributed by atoms with Crippen molar-refractivity contribution in [3.8, 4) is 0 Å². The molecule has 2 heteroatoms. The molecule has 0 spiro atoms. The van der Waals surface area contributed by atoms with E-state index >= 15 is 0 Å². The lowest BCUT2D eigenvalue weighted by Crippen LogP contribution is -1.93. The van der Waals surface area contributed by atoms with E-state index in [4.69, 9.17) is 5.11 Å². The Morgan fingerprint density at radius 1 is 1.42 bits per heavy atom. The molecule has 68 valence electrons. The van der Waals surface area contributed by atoms with E-state index in [2.05, 4.69) is 5.73 Å². The standard InChI is InChI=1S/C10H16O2/c1-2-3-4-5-6-7-8-9-10(11)12/h2,4H,5-9H2,1H3,(H,11,12). The Bertz CT molecular complexity index is 176. The molecule has 0 aliphatic heterocycles. The van der Waals surface area contributed by atoms with E-state index in [0.717, 1.165) is 25.7 Å². The molecule has 1 N–H and O–H groups in total. The van der Waals surface area contributed by atoms with Crippen LogP contribution in [0.25, 0.3) is 0 Å². The van der Waals surface area contributed by atoms with Gasteiger partial charge in [0.15, 0.2) is 0 Å². The van der Waals surface area contributed by atoms with Crippen molar-refractivity contribution in [3.63, 3.8) is 0 Å². The van der Waals surface area contributed by atoms with Crippen molar-refractivity contribution in [2.75, 3.05) is 0 Å². The highest BCUT2D eigenvalue weighted by Gasteiger charge is 1.94. The molecule has 0 unspecified atom stereocenters. The van der Waals surface area contributed by atoms with Crippen molar-refractivity contribution in [1.82, 2.24) is 0 Å². The molecule has 0 bridgehead atoms. The van der Waals surface area contributed by atoms with Crippen molar-refractivity contribution in [2.45, 2.75) is 39.0 Å². The molecule has 2 nitrogen and oxygen atoms in total. The molecule has 0 saturated carbocycles. The van der Waals surface area contributed by atoms with E-state index < -0.39 is 5.97 Å². The van der Waals surface area contributed by atoms with Crippen LogP contribution in [0.2, 0.25) is 0 Å². The van der Waals surface area contributed by atoms with Crippen LogP contribution in [0.3, 0.4) is 0 Å². The van der Waals surface area contributed by atoms with Crippen LogP contribution in [0.5, 0.6) is 0 Å². The average Bonchev–Trinajstić information content (AvgIpc) is 2.02. The number of allylic oxidation sites excluding steroid dienone is 1. The van der Waals surface area contributed by atoms with Crippen molar-refractivity contribution in [3.05, 3.63) is 17.9 Å². The summed E-state index contributed by atoms with van der Waals surface area (Å²) < 4.78 is 0. The van der Waals surface area contributed by atoms with Gasteiger partial charge in [-0.15, -0.1) is 5.73 Å². The lowest BCUT2D eigenvalue weighted by molar-refractivity contribution is -0.137. The highest BCUT2D eigenvalue weighted by molar-refractivity contribution is 5.66. The molecule has 12 heavy (non-hydrogen) atoms. The summed E-state index contributed by atoms with van der Waals surface area (Å²) in [6.45, 7) is 1.93. The summed E-state index contributed by atoms with van der Waals surface area (Å²) in [4.78, 5) is 10.1. The fourth-order valence-corrected chi connectivity index (χ4v) is 0.901. The third-order valence-electron chi connectivity index (χ3n) is 1.52. The molecule has 0 saturated heterocycles. The SMILES string of the molecule is CC=C=CCCCCCC(=O)O. The number of carbonyl (C=O) groups is 1. The molecule has 0 atom stereocenters. The topological polar surface area (TPSA) is 37.3 Å². The number of carboxylic acids is 1. The van der Waals surface area contributed by atoms with E-state index in [1.165, 1.54) is 0 Å². The molecule has 0 heterocycles. The van der Waals surface area contributed by atoms with Crippen LogP contribution in [0, 0.1) is 0 Å². The van der Waals surface area contributed by atoms with Crippen LogP contribution >= 0.6 is 0 Å². The van der Waals surface area contributed by atoms with E-state index in [1.54, 1.807) is 0 Å². The molecule has 0 aliphatic rings. The first-order valence-corrected chi connectivity index (χ1v) is 4.34. The van der Waals surface area contributed by atoms with Gasteiger partial charge in [0, 0.05) is 6.42 Å². The summed E-state index contributed by atoms with van der Waals surface area (Å²) in [6, 6.07) is 0. The van der Waals surface area contributed by atoms with Gasteiger partial charge in [0.25, 0.3) is 0 Å². The summed E-state index contributed by atoms with van der Waals surface area (Å²) >= 11 is 0. The Hall–Kier alpha value is -1.01. The predicted octanol–water partition coefficient (Wildman–Crippen LogP) is 2.75. The normalized spacial score (nSPS) is 8.75. The van der Waals surface area contributed by atoms with Crippen LogP contribution in [-0.4, -0.2) is 11.1 Å². The number of hydrogen-bond acceptors (Lipinski definition) is 1. The number of aliphatic carboxylic acids is 1. The van der Waals surface area contributed by atoms with E-state index in [0.29, 0.717) is 6.42 Å². The van der Waals surface area contributed by atoms with Gasteiger partial charge in [-0.1, -0.05) is 6.42 Å². The molecule has 0 aromatic rings. The first-order valence-electron chi connectivity index (χ1n) is 4.34. The molecule has 0 aromatic carbocycles. The minimum absolute atomic E-state index is 0.299. The monoisotopic (exact) mass is 168 g/mol. The molecule has 0 radical (unpaired) electrons. The lowest BCUT2D eigenvalue weighted by atomic mass is 10.1. The Labute approximate surface area is 73.6 Å². The molecule has 0 aromatic heterocycles. The van der Waals surface area contributed by atoms with Gasteiger partial charge in [-0.2, -0.15) is 0 Å². The first kappa shape index (κ1) is 11.0. The van der Waals surface area contributed by atoms with Crippen LogP contribution in [-0.2, 0) is 4.79 Å². The summed E-state index contributed by atoms with van der Waals surface area (Å²) in [5, 5.41) is 8.33. The summed E-state index contributed by atoms with van der Waals surface area (Å²) in [6.07, 6.45) is 8.01. The highest BCUT2D eigenvalue weighted by atomic mass is 16.4. The fourth-order valence-electron chi connectivity index (χ4n) is 0.901. The zero-order chi connectivity index (χ0) is 9.23. The molecular weight excluding hydrogens is 152 g/mol. The maximum absolute atomic E-state index is 10.1. The van der Waals surface area contributed by atoms with Gasteiger partial charge >= 0.3 is 5.97 Å². The van der Waals surface area contributed by atoms with Crippen LogP contribution in [0.1, 0.15) is 39.0 Å². The summed E-state index contributed by atoms with van der Waals surface area (Å²) in [5.74, 6) is -0.695. The quantitative estimate of drug-likeness (QED) is 0.489. The van der Waals surface area contributed by atoms with Crippen LogP contribution in [0.15, 0.2) is 17.9 Å². The zero-order valence-corrected chi connectivity index (χ0v) is 7.55. The first-order chi connectivity index (χ1) is 5.77. The molecule has 0 aliphatic carbocycles. The summed E-state index contributed by atoms with van der Waals surface area (Å²) in [5.41, 5.74) is 2.98. The second kappa shape index (κ2) is 8.09. The second-order valence-corrected chi connectivity index (χ2v) is 2.65. The number of carboxylic acid groups (broad SMARTS) is 1. The van der Waals surface area contributed by atoms with Gasteiger partial charge in [-0.3, -0.25) is 4.79 Å². The predicted molar refractivity (Wildman–Crippen MR) is 49.0 cm³/mol. The highest BCUT2D eigenvalue weighted by Crippen LogP contribution is 2.02. The number of unbranched alkanes of at least 4 members (excludes halogenated alkanes) is 3. The van der Waals surface area contributed by atoms with Crippen molar-refractivity contribution >= 4 is 5.97 Å². The number of hydrogen-bond donors (Lipinski definition) is 1. The molecule has 0 fully saturated rings. The zero-order valence-electron chi connectivity index (χ0n) is 7.55. The molecule has 0 rings (SSSR count). The Morgan fingerprint density at radius 2 is 2.17 bits per heavy atom. The molecule has 0 amide bonds. The van der Waals surface area contributed by atoms with E-state index in [9.17, 15) is 4.79 Å². The van der Waals surface area contributed by atoms with Gasteiger partial charge < -0.3 is 5.11 Å². The third kappa shape index (κ3) is 8.99. The maximum Gasteiger partial charge on any atom is 0.303 e. The van der Waals surface area contributed by atoms with Crippen molar-refractivity contribution in [2.24, 2.45) is 0 Å². The smallest absolute Gasteiger partial charge is 0.303 e. The van der Waals surface area contributed by atoms with Gasteiger partial charge in [0.1, 0.15) is 0 Å². The largest absolute Gasteiger partial charge is 0.481 e. The van der Waals surface area contributed by atoms with Crippen LogP contribution < -0.4 is 0 Å². The Kier molecular flexibility index (Phi) is 7.41. The van der Waals surface area contributed by atoms with Gasteiger partial charge in [0.2, 0.25) is 0 Å². The van der Waals surface area contributed by atoms with Crippen molar-refractivity contribution < 1.29 is 9.90 Å². The van der Waals surface area contributed by atoms with Crippen LogP contribution in [0.4, 0.5) is 0 Å². The van der Waals surface area contributed by atoms with E-state index in [-0.39, 0.29) is 0 Å². The van der Waals surface area contributed by atoms with E-state index in [1.807, 2.05) is 19.1 Å². The summed E-state index contributed by atoms with van der Waals surface area (Å²) in [7, 11) is 0. The Balaban J connectivity index is 3.11. The second-order valence-electron chi connectivity index (χ2n) is 2.65. The maximum atomic E-state index is 10.1. The Morgan fingerprint density at radius 3 is 2.75 bits per heavy atom.